The van der Waals surface area contributed by atoms with Gasteiger partial charge in [0.2, 0.25) is 15.9 Å². The second-order valence-electron chi connectivity index (χ2n) is 10.6. The molecule has 9 nitrogen and oxygen atoms in total. The number of nitrogens with one attached hydrogen (secondary N) is 2. The fourth-order valence-electron chi connectivity index (χ4n) is 4.50. The van der Waals surface area contributed by atoms with E-state index >= 15 is 0 Å². The predicted octanol–water partition coefficient (Wildman–Crippen LogP) is 2.22. The highest BCUT2D eigenvalue weighted by Gasteiger charge is 2.35. The van der Waals surface area contributed by atoms with Gasteiger partial charge in [-0.25, -0.2) is 17.2 Å². The molecule has 4 N–H and O–H groups in total. The number of aliphatic hydroxyl groups excluding tert-OH is 2. The fraction of sp³-hybridized carbons (Fsp3) is 0.500. The third kappa shape index (κ3) is 8.06. The first-order valence-corrected chi connectivity index (χ1v) is 14.7. The van der Waals surface area contributed by atoms with Crippen LogP contribution in [0.5, 0.6) is 0 Å². The number of halogens is 2. The van der Waals surface area contributed by atoms with Crippen LogP contribution in [0.1, 0.15) is 49.5 Å². The number of hydrogen-bond donors (Lipinski definition) is 4. The summed E-state index contributed by atoms with van der Waals surface area (Å²) in [7, 11) is -3.69. The van der Waals surface area contributed by atoms with E-state index in [1.165, 1.54) is 35.5 Å². The third-order valence-electron chi connectivity index (χ3n) is 6.89. The topological polar surface area (TPSA) is 136 Å². The van der Waals surface area contributed by atoms with Crippen LogP contribution >= 0.6 is 0 Å². The molecule has 4 atom stereocenters. The van der Waals surface area contributed by atoms with Gasteiger partial charge in [0, 0.05) is 31.3 Å². The largest absolute Gasteiger partial charge is 0.390 e. The molecule has 1 aliphatic heterocycles. The summed E-state index contributed by atoms with van der Waals surface area (Å²) in [6.45, 7) is 6.44. The summed E-state index contributed by atoms with van der Waals surface area (Å²) >= 11 is 0. The summed E-state index contributed by atoms with van der Waals surface area (Å²) in [5, 5.41) is 27.1. The monoisotopic (exact) mass is 581 g/mol. The van der Waals surface area contributed by atoms with Gasteiger partial charge in [-0.05, 0) is 67.1 Å². The molecule has 1 heterocycles. The number of amides is 2. The van der Waals surface area contributed by atoms with Gasteiger partial charge in [-0.15, -0.1) is 0 Å². The van der Waals surface area contributed by atoms with Crippen LogP contribution in [0.4, 0.5) is 8.78 Å². The van der Waals surface area contributed by atoms with E-state index < -0.39 is 57.6 Å². The van der Waals surface area contributed by atoms with E-state index in [9.17, 15) is 37.0 Å². The summed E-state index contributed by atoms with van der Waals surface area (Å²) in [5.41, 5.74) is 0.179. The molecule has 12 heteroatoms. The van der Waals surface area contributed by atoms with Crippen molar-refractivity contribution in [3.63, 3.8) is 0 Å². The molecule has 4 unspecified atom stereocenters. The summed E-state index contributed by atoms with van der Waals surface area (Å²) in [5.74, 6) is -3.83. The van der Waals surface area contributed by atoms with E-state index in [0.717, 1.165) is 25.0 Å². The van der Waals surface area contributed by atoms with E-state index in [2.05, 4.69) is 10.6 Å². The molecule has 0 bridgehead atoms. The zero-order valence-electron chi connectivity index (χ0n) is 22.8. The van der Waals surface area contributed by atoms with Crippen molar-refractivity contribution >= 4 is 21.8 Å². The number of benzene rings is 2. The van der Waals surface area contributed by atoms with Crippen molar-refractivity contribution in [3.8, 4) is 0 Å². The van der Waals surface area contributed by atoms with E-state index in [-0.39, 0.29) is 28.4 Å². The first-order valence-electron chi connectivity index (χ1n) is 13.3. The minimum atomic E-state index is -3.69. The summed E-state index contributed by atoms with van der Waals surface area (Å²) in [4.78, 5) is 25.6. The molecular weight excluding hydrogens is 544 g/mol. The molecule has 3 rings (SSSR count). The van der Waals surface area contributed by atoms with E-state index in [1.807, 2.05) is 13.8 Å². The van der Waals surface area contributed by atoms with Crippen LogP contribution in [0.25, 0.3) is 0 Å². The van der Waals surface area contributed by atoms with Gasteiger partial charge in [0.15, 0.2) is 0 Å². The van der Waals surface area contributed by atoms with Crippen LogP contribution in [0.2, 0.25) is 0 Å². The molecule has 220 valence electrons. The zero-order valence-corrected chi connectivity index (χ0v) is 23.6. The maximum absolute atomic E-state index is 13.9. The molecule has 0 spiro atoms. The number of hydrogen-bond acceptors (Lipinski definition) is 6. The average Bonchev–Trinajstić information content (AvgIpc) is 3.45. The molecule has 2 amide bonds. The third-order valence-corrected chi connectivity index (χ3v) is 8.80. The number of sulfonamides is 1. The van der Waals surface area contributed by atoms with Crippen molar-refractivity contribution in [1.29, 1.82) is 0 Å². The normalized spacial score (nSPS) is 17.3. The van der Waals surface area contributed by atoms with Crippen molar-refractivity contribution in [2.45, 2.75) is 63.2 Å². The highest BCUT2D eigenvalue weighted by atomic mass is 32.2. The Hall–Kier alpha value is -2.93. The Bertz CT molecular complexity index is 1260. The van der Waals surface area contributed by atoms with Crippen LogP contribution in [0.3, 0.4) is 0 Å². The second-order valence-corrected chi connectivity index (χ2v) is 12.5. The highest BCUT2D eigenvalue weighted by Crippen LogP contribution is 2.22. The standard InChI is InChI=1S/C28H37F2N3O6S/c1-17(2)16-31-27(36)18(3)25(34)26(35)24(14-19-12-21(29)15-22(30)13-19)32-28(37)20-6-8-23(9-7-20)40(38,39)33-10-4-5-11-33/h6-9,12-13,15,17-18,24-26,34-35H,4-5,10-11,14,16H2,1-3H3,(H,31,36)(H,32,37). The van der Waals surface area contributed by atoms with Gasteiger partial charge in [-0.1, -0.05) is 20.8 Å². The van der Waals surface area contributed by atoms with E-state index in [1.54, 1.807) is 0 Å². The maximum atomic E-state index is 13.9. The highest BCUT2D eigenvalue weighted by molar-refractivity contribution is 7.89. The Morgan fingerprint density at radius 2 is 1.52 bits per heavy atom. The van der Waals surface area contributed by atoms with Crippen LogP contribution in [-0.4, -0.2) is 72.6 Å². The number of carbonyl (C=O) groups excluding carboxylic acids is 2. The van der Waals surface area contributed by atoms with Gasteiger partial charge in [-0.3, -0.25) is 9.59 Å². The van der Waals surface area contributed by atoms with Crippen molar-refractivity contribution in [3.05, 3.63) is 65.2 Å². The first-order chi connectivity index (χ1) is 18.8. The van der Waals surface area contributed by atoms with Crippen molar-refractivity contribution < 1.29 is 37.0 Å². The molecule has 1 saturated heterocycles. The van der Waals surface area contributed by atoms with Gasteiger partial charge in [0.05, 0.1) is 23.0 Å². The lowest BCUT2D eigenvalue weighted by Crippen LogP contribution is -2.53. The molecule has 0 aromatic heterocycles. The summed E-state index contributed by atoms with van der Waals surface area (Å²) in [6.07, 6.45) is -2.01. The van der Waals surface area contributed by atoms with Crippen molar-refractivity contribution in [1.82, 2.24) is 14.9 Å². The van der Waals surface area contributed by atoms with E-state index in [0.29, 0.717) is 25.7 Å². The van der Waals surface area contributed by atoms with Gasteiger partial charge in [0.25, 0.3) is 5.91 Å². The summed E-state index contributed by atoms with van der Waals surface area (Å²) < 4.78 is 54.7. The number of aliphatic hydroxyl groups is 2. The molecule has 0 saturated carbocycles. The maximum Gasteiger partial charge on any atom is 0.251 e. The lowest BCUT2D eigenvalue weighted by Gasteiger charge is -2.31. The van der Waals surface area contributed by atoms with Gasteiger partial charge in [-0.2, -0.15) is 4.31 Å². The van der Waals surface area contributed by atoms with Crippen molar-refractivity contribution in [2.75, 3.05) is 19.6 Å². The molecule has 0 aliphatic carbocycles. The second kappa shape index (κ2) is 13.6. The molecule has 0 radical (unpaired) electrons. The Balaban J connectivity index is 1.81. The molecule has 1 aliphatic rings. The van der Waals surface area contributed by atoms with Gasteiger partial charge >= 0.3 is 0 Å². The Labute approximate surface area is 233 Å². The fourth-order valence-corrected chi connectivity index (χ4v) is 6.02. The lowest BCUT2D eigenvalue weighted by molar-refractivity contribution is -0.131. The molecule has 1 fully saturated rings. The minimum absolute atomic E-state index is 0.0365. The number of rotatable bonds is 12. The number of nitrogens with zero attached hydrogens (tertiary/aromatic N) is 1. The van der Waals surface area contributed by atoms with E-state index in [4.69, 9.17) is 0 Å². The van der Waals surface area contributed by atoms with Crippen LogP contribution in [0.15, 0.2) is 47.4 Å². The zero-order chi connectivity index (χ0) is 29.6. The van der Waals surface area contributed by atoms with Crippen molar-refractivity contribution in [2.24, 2.45) is 11.8 Å². The Morgan fingerprint density at radius 3 is 2.08 bits per heavy atom. The molecule has 2 aromatic rings. The van der Waals surface area contributed by atoms with Crippen LogP contribution in [-0.2, 0) is 21.2 Å². The average molecular weight is 582 g/mol. The molecule has 40 heavy (non-hydrogen) atoms. The number of carbonyl (C=O) groups is 2. The van der Waals surface area contributed by atoms with Gasteiger partial charge in [0.1, 0.15) is 17.7 Å². The Kier molecular flexibility index (Phi) is 10.8. The molecular formula is C28H37F2N3O6S. The van der Waals surface area contributed by atoms with Crippen LogP contribution in [0, 0.1) is 23.5 Å². The summed E-state index contributed by atoms with van der Waals surface area (Å²) in [6, 6.07) is 6.77. The predicted molar refractivity (Wildman–Crippen MR) is 145 cm³/mol. The molecule has 2 aromatic carbocycles. The van der Waals surface area contributed by atoms with Gasteiger partial charge < -0.3 is 20.8 Å². The minimum Gasteiger partial charge on any atom is -0.390 e. The lowest BCUT2D eigenvalue weighted by atomic mass is 9.90. The van der Waals surface area contributed by atoms with Crippen LogP contribution < -0.4 is 10.6 Å². The quantitative estimate of drug-likeness (QED) is 0.304. The smallest absolute Gasteiger partial charge is 0.251 e. The SMILES string of the molecule is CC(C)CNC(=O)C(C)C(O)C(O)C(Cc1cc(F)cc(F)c1)NC(=O)c1ccc(S(=O)(=O)N2CCCC2)cc1. The first kappa shape index (κ1) is 31.6. The Morgan fingerprint density at radius 1 is 0.950 bits per heavy atom.